The third-order valence-corrected chi connectivity index (χ3v) is 3.77. The maximum absolute atomic E-state index is 5.84. The minimum atomic E-state index is 0.456. The van der Waals surface area contributed by atoms with Crippen molar-refractivity contribution in [2.24, 2.45) is 17.1 Å². The van der Waals surface area contributed by atoms with E-state index in [4.69, 9.17) is 5.73 Å². The van der Waals surface area contributed by atoms with Gasteiger partial charge in [0.05, 0.1) is 0 Å². The lowest BCUT2D eigenvalue weighted by molar-refractivity contribution is 0.0645. The molecule has 0 aromatic rings. The molecule has 1 atom stereocenters. The van der Waals surface area contributed by atoms with E-state index >= 15 is 0 Å². The van der Waals surface area contributed by atoms with E-state index in [0.717, 1.165) is 6.54 Å². The van der Waals surface area contributed by atoms with Gasteiger partial charge in [0, 0.05) is 6.54 Å². The van der Waals surface area contributed by atoms with Crippen LogP contribution in [0.1, 0.15) is 40.0 Å². The maximum Gasteiger partial charge on any atom is 0.00268 e. The van der Waals surface area contributed by atoms with Crippen LogP contribution in [0.15, 0.2) is 0 Å². The summed E-state index contributed by atoms with van der Waals surface area (Å²) in [5.41, 5.74) is 6.30. The maximum atomic E-state index is 5.84. The first-order chi connectivity index (χ1) is 6.60. The number of nitrogens with zero attached hydrogens (tertiary/aromatic N) is 1. The van der Waals surface area contributed by atoms with Crippen LogP contribution in [0.2, 0.25) is 0 Å². The molecule has 2 N–H and O–H groups in total. The van der Waals surface area contributed by atoms with Gasteiger partial charge in [0.15, 0.2) is 0 Å². The highest BCUT2D eigenvalue weighted by molar-refractivity contribution is 4.87. The second kappa shape index (κ2) is 5.13. The summed E-state index contributed by atoms with van der Waals surface area (Å²) in [5, 5.41) is 0. The van der Waals surface area contributed by atoms with Gasteiger partial charge >= 0.3 is 0 Å². The van der Waals surface area contributed by atoms with Crippen molar-refractivity contribution < 1.29 is 0 Å². The monoisotopic (exact) mass is 198 g/mol. The van der Waals surface area contributed by atoms with Crippen LogP contribution in [0.5, 0.6) is 0 Å². The minimum Gasteiger partial charge on any atom is -0.330 e. The number of hydrogen-bond acceptors (Lipinski definition) is 2. The first-order valence-electron chi connectivity index (χ1n) is 6.02. The molecule has 0 bridgehead atoms. The van der Waals surface area contributed by atoms with Crippen molar-refractivity contribution in [3.63, 3.8) is 0 Å². The van der Waals surface area contributed by atoms with Crippen LogP contribution >= 0.6 is 0 Å². The van der Waals surface area contributed by atoms with Crippen molar-refractivity contribution in [3.8, 4) is 0 Å². The van der Waals surface area contributed by atoms with E-state index < -0.39 is 0 Å². The molecule has 0 saturated carbocycles. The third-order valence-electron chi connectivity index (χ3n) is 3.77. The standard InChI is InChI=1S/C12H26N2/c1-4-5-7-14-8-6-12(2,3)11(9-13)10-14/h11H,4-10,13H2,1-3H3. The number of piperidine rings is 1. The molecule has 0 aromatic carbocycles. The van der Waals surface area contributed by atoms with Gasteiger partial charge in [-0.25, -0.2) is 0 Å². The second-order valence-electron chi connectivity index (χ2n) is 5.33. The molecule has 1 heterocycles. The molecule has 1 unspecified atom stereocenters. The summed E-state index contributed by atoms with van der Waals surface area (Å²) in [4.78, 5) is 2.59. The van der Waals surface area contributed by atoms with Crippen molar-refractivity contribution in [1.29, 1.82) is 0 Å². The molecule has 2 heteroatoms. The molecule has 1 aliphatic rings. The lowest BCUT2D eigenvalue weighted by Gasteiger charge is -2.43. The Bertz CT molecular complexity index is 166. The molecule has 0 amide bonds. The normalized spacial score (nSPS) is 27.9. The van der Waals surface area contributed by atoms with Gasteiger partial charge in [0.1, 0.15) is 0 Å². The smallest absolute Gasteiger partial charge is 0.00268 e. The largest absolute Gasteiger partial charge is 0.330 e. The highest BCUT2D eigenvalue weighted by atomic mass is 15.1. The summed E-state index contributed by atoms with van der Waals surface area (Å²) in [7, 11) is 0. The molecule has 0 aliphatic carbocycles. The topological polar surface area (TPSA) is 29.3 Å². The van der Waals surface area contributed by atoms with Crippen LogP contribution in [-0.4, -0.2) is 31.1 Å². The van der Waals surface area contributed by atoms with Crippen LogP contribution in [0.25, 0.3) is 0 Å². The average Bonchev–Trinajstić information content (AvgIpc) is 2.16. The van der Waals surface area contributed by atoms with Crippen LogP contribution in [0.3, 0.4) is 0 Å². The van der Waals surface area contributed by atoms with E-state index in [0.29, 0.717) is 11.3 Å². The lowest BCUT2D eigenvalue weighted by atomic mass is 9.73. The Morgan fingerprint density at radius 3 is 2.71 bits per heavy atom. The predicted octanol–water partition coefficient (Wildman–Crippen LogP) is 2.09. The number of likely N-dealkylation sites (tertiary alicyclic amines) is 1. The van der Waals surface area contributed by atoms with Crippen molar-refractivity contribution in [3.05, 3.63) is 0 Å². The van der Waals surface area contributed by atoms with Crippen LogP contribution in [0.4, 0.5) is 0 Å². The quantitative estimate of drug-likeness (QED) is 0.749. The van der Waals surface area contributed by atoms with E-state index in [2.05, 4.69) is 25.7 Å². The first kappa shape index (κ1) is 12.0. The highest BCUT2D eigenvalue weighted by Crippen LogP contribution is 2.34. The molecule has 0 spiro atoms. The fraction of sp³-hybridized carbons (Fsp3) is 1.00. The van der Waals surface area contributed by atoms with Crippen LogP contribution in [0, 0.1) is 11.3 Å². The van der Waals surface area contributed by atoms with E-state index in [1.54, 1.807) is 0 Å². The van der Waals surface area contributed by atoms with E-state index in [-0.39, 0.29) is 0 Å². The van der Waals surface area contributed by atoms with E-state index in [1.165, 1.54) is 38.9 Å². The molecule has 1 aliphatic heterocycles. The number of unbranched alkanes of at least 4 members (excludes halogenated alkanes) is 1. The van der Waals surface area contributed by atoms with Crippen molar-refractivity contribution >= 4 is 0 Å². The molecule has 1 rings (SSSR count). The number of rotatable bonds is 4. The molecule has 2 nitrogen and oxygen atoms in total. The van der Waals surface area contributed by atoms with Gasteiger partial charge < -0.3 is 10.6 Å². The highest BCUT2D eigenvalue weighted by Gasteiger charge is 2.33. The SMILES string of the molecule is CCCCN1CCC(C)(C)C(CN)C1. The molecular formula is C12H26N2. The Hall–Kier alpha value is -0.0800. The molecule has 0 aromatic heterocycles. The zero-order valence-corrected chi connectivity index (χ0v) is 10.1. The first-order valence-corrected chi connectivity index (χ1v) is 6.02. The van der Waals surface area contributed by atoms with E-state index in [9.17, 15) is 0 Å². The lowest BCUT2D eigenvalue weighted by Crippen LogP contribution is -2.47. The van der Waals surface area contributed by atoms with Gasteiger partial charge in [-0.2, -0.15) is 0 Å². The minimum absolute atomic E-state index is 0.456. The Kier molecular flexibility index (Phi) is 4.39. The summed E-state index contributed by atoms with van der Waals surface area (Å²) in [5.74, 6) is 0.688. The average molecular weight is 198 g/mol. The third kappa shape index (κ3) is 2.96. The number of nitrogens with two attached hydrogens (primary N) is 1. The molecule has 0 radical (unpaired) electrons. The summed E-state index contributed by atoms with van der Waals surface area (Å²) < 4.78 is 0. The van der Waals surface area contributed by atoms with Gasteiger partial charge in [-0.1, -0.05) is 27.2 Å². The summed E-state index contributed by atoms with van der Waals surface area (Å²) in [6, 6.07) is 0. The fourth-order valence-electron chi connectivity index (χ4n) is 2.28. The van der Waals surface area contributed by atoms with Gasteiger partial charge in [-0.15, -0.1) is 0 Å². The zero-order valence-electron chi connectivity index (χ0n) is 10.1. The van der Waals surface area contributed by atoms with Crippen molar-refractivity contribution in [2.75, 3.05) is 26.2 Å². The Balaban J connectivity index is 2.40. The van der Waals surface area contributed by atoms with Gasteiger partial charge in [-0.05, 0) is 43.8 Å². The van der Waals surface area contributed by atoms with Gasteiger partial charge in [0.2, 0.25) is 0 Å². The van der Waals surface area contributed by atoms with Gasteiger partial charge in [-0.3, -0.25) is 0 Å². The molecule has 14 heavy (non-hydrogen) atoms. The zero-order chi connectivity index (χ0) is 10.6. The second-order valence-corrected chi connectivity index (χ2v) is 5.33. The van der Waals surface area contributed by atoms with E-state index in [1.807, 2.05) is 0 Å². The Morgan fingerprint density at radius 1 is 1.43 bits per heavy atom. The fourth-order valence-corrected chi connectivity index (χ4v) is 2.28. The Morgan fingerprint density at radius 2 is 2.14 bits per heavy atom. The predicted molar refractivity (Wildman–Crippen MR) is 62.3 cm³/mol. The summed E-state index contributed by atoms with van der Waals surface area (Å²) in [6.45, 7) is 11.6. The summed E-state index contributed by atoms with van der Waals surface area (Å²) >= 11 is 0. The van der Waals surface area contributed by atoms with Crippen LogP contribution in [-0.2, 0) is 0 Å². The van der Waals surface area contributed by atoms with Gasteiger partial charge in [0.25, 0.3) is 0 Å². The number of hydrogen-bond donors (Lipinski definition) is 1. The molecule has 1 saturated heterocycles. The molecular weight excluding hydrogens is 172 g/mol. The van der Waals surface area contributed by atoms with Crippen molar-refractivity contribution in [1.82, 2.24) is 4.90 Å². The summed E-state index contributed by atoms with van der Waals surface area (Å²) in [6.07, 6.45) is 3.93. The van der Waals surface area contributed by atoms with Crippen LogP contribution < -0.4 is 5.73 Å². The molecule has 84 valence electrons. The Labute approximate surface area is 88.8 Å². The molecule has 1 fully saturated rings. The van der Waals surface area contributed by atoms with Crippen molar-refractivity contribution in [2.45, 2.75) is 40.0 Å².